The van der Waals surface area contributed by atoms with Gasteiger partial charge in [-0.15, -0.1) is 0 Å². The van der Waals surface area contributed by atoms with Crippen LogP contribution in [0.3, 0.4) is 0 Å². The van der Waals surface area contributed by atoms with Crippen molar-refractivity contribution in [2.75, 3.05) is 0 Å². The number of benzene rings is 1. The van der Waals surface area contributed by atoms with Gasteiger partial charge in [0.15, 0.2) is 5.75 Å². The Bertz CT molecular complexity index is 832. The first-order chi connectivity index (χ1) is 10.0. The highest BCUT2D eigenvalue weighted by atomic mass is 16.5. The normalized spacial score (nSPS) is 16.6. The standard InChI is InChI=1S/C16H15NO4/c1-3-10-6-7-21-15-9(2)4-5-11-13(15)17(10)8-12(14(11)18)16(19)20/h4-8,10H,3H2,1-2H3,(H,19,20). The minimum Gasteiger partial charge on any atom is -0.477 e. The Hall–Kier alpha value is -2.56. The lowest BCUT2D eigenvalue weighted by molar-refractivity contribution is 0.0694. The van der Waals surface area contributed by atoms with E-state index in [1.54, 1.807) is 18.4 Å². The van der Waals surface area contributed by atoms with Gasteiger partial charge >= 0.3 is 5.97 Å². The SMILES string of the molecule is CCC1C=COc2c(C)ccc3c(=O)c(C(=O)O)cn1c23. The zero-order valence-electron chi connectivity index (χ0n) is 11.8. The molecule has 21 heavy (non-hydrogen) atoms. The quantitative estimate of drug-likeness (QED) is 0.921. The van der Waals surface area contributed by atoms with Gasteiger partial charge in [0.25, 0.3) is 0 Å². The van der Waals surface area contributed by atoms with E-state index < -0.39 is 11.4 Å². The Kier molecular flexibility index (Phi) is 3.05. The second-order valence-electron chi connectivity index (χ2n) is 5.11. The van der Waals surface area contributed by atoms with E-state index in [4.69, 9.17) is 4.74 Å². The zero-order valence-corrected chi connectivity index (χ0v) is 11.8. The average Bonchev–Trinajstić information content (AvgIpc) is 2.64. The number of aryl methyl sites for hydroxylation is 1. The van der Waals surface area contributed by atoms with Gasteiger partial charge in [-0.25, -0.2) is 4.79 Å². The van der Waals surface area contributed by atoms with Crippen LogP contribution < -0.4 is 10.2 Å². The molecule has 108 valence electrons. The van der Waals surface area contributed by atoms with Gasteiger partial charge in [0, 0.05) is 6.20 Å². The van der Waals surface area contributed by atoms with Crippen LogP contribution in [0.25, 0.3) is 10.9 Å². The molecule has 1 aliphatic rings. The second-order valence-corrected chi connectivity index (χ2v) is 5.11. The van der Waals surface area contributed by atoms with Crippen LogP contribution >= 0.6 is 0 Å². The lowest BCUT2D eigenvalue weighted by atomic mass is 10.1. The van der Waals surface area contributed by atoms with E-state index >= 15 is 0 Å². The number of nitrogens with zero attached hydrogens (tertiary/aromatic N) is 1. The molecule has 2 aromatic rings. The molecule has 1 aliphatic heterocycles. The summed E-state index contributed by atoms with van der Waals surface area (Å²) >= 11 is 0. The van der Waals surface area contributed by atoms with Gasteiger partial charge < -0.3 is 14.4 Å². The van der Waals surface area contributed by atoms with Crippen molar-refractivity contribution < 1.29 is 14.6 Å². The summed E-state index contributed by atoms with van der Waals surface area (Å²) in [6, 6.07) is 3.39. The van der Waals surface area contributed by atoms with Gasteiger partial charge in [0.05, 0.1) is 23.2 Å². The van der Waals surface area contributed by atoms with Crippen LogP contribution in [-0.2, 0) is 0 Å². The minimum atomic E-state index is -1.21. The number of ether oxygens (including phenoxy) is 1. The summed E-state index contributed by atoms with van der Waals surface area (Å²) in [5.74, 6) is -0.606. The average molecular weight is 285 g/mol. The topological polar surface area (TPSA) is 68.5 Å². The molecule has 0 aliphatic carbocycles. The molecule has 1 aromatic heterocycles. The molecule has 0 radical (unpaired) electrons. The van der Waals surface area contributed by atoms with Crippen LogP contribution in [0.4, 0.5) is 0 Å². The van der Waals surface area contributed by atoms with Gasteiger partial charge in [-0.05, 0) is 31.1 Å². The van der Waals surface area contributed by atoms with Crippen LogP contribution in [0.1, 0.15) is 35.3 Å². The summed E-state index contributed by atoms with van der Waals surface area (Å²) < 4.78 is 7.48. The van der Waals surface area contributed by atoms with E-state index in [-0.39, 0.29) is 11.6 Å². The van der Waals surface area contributed by atoms with Crippen molar-refractivity contribution in [3.63, 3.8) is 0 Å². The molecular formula is C16H15NO4. The van der Waals surface area contributed by atoms with Crippen LogP contribution in [0.5, 0.6) is 5.75 Å². The third-order valence-corrected chi connectivity index (χ3v) is 3.84. The van der Waals surface area contributed by atoms with Gasteiger partial charge in [0.2, 0.25) is 5.43 Å². The lowest BCUT2D eigenvalue weighted by Gasteiger charge is -2.18. The Labute approximate surface area is 121 Å². The van der Waals surface area contributed by atoms with Crippen LogP contribution in [0.2, 0.25) is 0 Å². The van der Waals surface area contributed by atoms with E-state index in [1.165, 1.54) is 6.20 Å². The van der Waals surface area contributed by atoms with Gasteiger partial charge in [-0.2, -0.15) is 0 Å². The molecular weight excluding hydrogens is 270 g/mol. The van der Waals surface area contributed by atoms with E-state index in [1.807, 2.05) is 24.5 Å². The number of rotatable bonds is 2. The molecule has 0 amide bonds. The molecule has 1 aromatic carbocycles. The fourth-order valence-corrected chi connectivity index (χ4v) is 2.71. The molecule has 1 N–H and O–H groups in total. The summed E-state index contributed by atoms with van der Waals surface area (Å²) in [4.78, 5) is 23.7. The monoisotopic (exact) mass is 285 g/mol. The molecule has 5 heteroatoms. The molecule has 1 unspecified atom stereocenters. The lowest BCUT2D eigenvalue weighted by Crippen LogP contribution is -2.20. The summed E-state index contributed by atoms with van der Waals surface area (Å²) in [5, 5.41) is 9.63. The number of aromatic carboxylic acids is 1. The third kappa shape index (κ3) is 1.93. The number of carboxylic acids is 1. The van der Waals surface area contributed by atoms with E-state index in [9.17, 15) is 14.7 Å². The first-order valence-corrected chi connectivity index (χ1v) is 6.79. The molecule has 0 saturated heterocycles. The number of aromatic nitrogens is 1. The predicted molar refractivity (Wildman–Crippen MR) is 79.0 cm³/mol. The molecule has 1 atom stereocenters. The number of carboxylic acid groups (broad SMARTS) is 1. The fourth-order valence-electron chi connectivity index (χ4n) is 2.71. The zero-order chi connectivity index (χ0) is 15.1. The highest BCUT2D eigenvalue weighted by Crippen LogP contribution is 2.33. The third-order valence-electron chi connectivity index (χ3n) is 3.84. The first kappa shape index (κ1) is 13.4. The van der Waals surface area contributed by atoms with Gasteiger partial charge in [-0.3, -0.25) is 4.79 Å². The van der Waals surface area contributed by atoms with Crippen molar-refractivity contribution in [3.05, 3.63) is 52.0 Å². The van der Waals surface area contributed by atoms with Crippen molar-refractivity contribution >= 4 is 16.9 Å². The van der Waals surface area contributed by atoms with Gasteiger partial charge in [0.1, 0.15) is 5.56 Å². The number of carbonyl (C=O) groups is 1. The largest absolute Gasteiger partial charge is 0.477 e. The molecule has 2 heterocycles. The summed E-state index contributed by atoms with van der Waals surface area (Å²) in [5.41, 5.74) is 0.864. The van der Waals surface area contributed by atoms with E-state index in [0.29, 0.717) is 16.7 Å². The number of pyridine rings is 1. The molecule has 0 spiro atoms. The van der Waals surface area contributed by atoms with Crippen LogP contribution in [0, 0.1) is 6.92 Å². The van der Waals surface area contributed by atoms with Crippen LogP contribution in [-0.4, -0.2) is 15.6 Å². The summed E-state index contributed by atoms with van der Waals surface area (Å²) in [7, 11) is 0. The summed E-state index contributed by atoms with van der Waals surface area (Å²) in [6.07, 6.45) is 5.66. The molecule has 3 rings (SSSR count). The maximum absolute atomic E-state index is 12.4. The predicted octanol–water partition coefficient (Wildman–Crippen LogP) is 2.87. The maximum Gasteiger partial charge on any atom is 0.341 e. The highest BCUT2D eigenvalue weighted by Gasteiger charge is 2.22. The Morgan fingerprint density at radius 3 is 2.86 bits per heavy atom. The Morgan fingerprint density at radius 1 is 1.43 bits per heavy atom. The second kappa shape index (κ2) is 4.77. The molecule has 5 nitrogen and oxygen atoms in total. The minimum absolute atomic E-state index is 0.0470. The highest BCUT2D eigenvalue weighted by molar-refractivity contribution is 5.95. The van der Waals surface area contributed by atoms with Crippen molar-refractivity contribution in [1.29, 1.82) is 0 Å². The fraction of sp³-hybridized carbons (Fsp3) is 0.250. The van der Waals surface area contributed by atoms with Crippen molar-refractivity contribution in [2.45, 2.75) is 26.3 Å². The van der Waals surface area contributed by atoms with E-state index in [2.05, 4.69) is 0 Å². The maximum atomic E-state index is 12.4. The van der Waals surface area contributed by atoms with Crippen LogP contribution in [0.15, 0.2) is 35.5 Å². The Morgan fingerprint density at radius 2 is 2.19 bits per heavy atom. The van der Waals surface area contributed by atoms with E-state index in [0.717, 1.165) is 12.0 Å². The Balaban J connectivity index is 2.53. The molecule has 0 saturated carbocycles. The van der Waals surface area contributed by atoms with Gasteiger partial charge in [-0.1, -0.05) is 13.0 Å². The molecule has 0 bridgehead atoms. The van der Waals surface area contributed by atoms with Crippen molar-refractivity contribution in [2.24, 2.45) is 0 Å². The number of hydrogen-bond acceptors (Lipinski definition) is 3. The number of hydrogen-bond donors (Lipinski definition) is 1. The smallest absolute Gasteiger partial charge is 0.341 e. The molecule has 0 fully saturated rings. The first-order valence-electron chi connectivity index (χ1n) is 6.79. The summed E-state index contributed by atoms with van der Waals surface area (Å²) in [6.45, 7) is 3.90. The van der Waals surface area contributed by atoms with Crippen molar-refractivity contribution in [1.82, 2.24) is 4.57 Å². The number of allylic oxidation sites excluding steroid dienone is 1. The van der Waals surface area contributed by atoms with Crippen molar-refractivity contribution in [3.8, 4) is 5.75 Å².